The summed E-state index contributed by atoms with van der Waals surface area (Å²) < 4.78 is 18.1. The number of nitrogens with zero attached hydrogens (tertiary/aromatic N) is 1. The minimum Gasteiger partial charge on any atom is -0.462 e. The van der Waals surface area contributed by atoms with Crippen molar-refractivity contribution in [1.29, 1.82) is 0 Å². The number of nitroso groups, excluding NO2 is 1. The lowest BCUT2D eigenvalue weighted by molar-refractivity contribution is 0.0521. The van der Waals surface area contributed by atoms with Crippen molar-refractivity contribution in [3.8, 4) is 0 Å². The molecule has 0 aliphatic carbocycles. The van der Waals surface area contributed by atoms with Crippen LogP contribution in [0, 0.1) is 10.7 Å². The molecule has 0 aliphatic rings. The number of nitrogens with one attached hydrogen (secondary N) is 1. The summed E-state index contributed by atoms with van der Waals surface area (Å²) in [7, 11) is 1.52. The molecule has 0 saturated carbocycles. The highest BCUT2D eigenvalue weighted by atomic mass is 19.1. The predicted octanol–water partition coefficient (Wildman–Crippen LogP) is 2.44. The number of esters is 1. The van der Waals surface area contributed by atoms with Crippen LogP contribution in [0.25, 0.3) is 0 Å². The molecule has 0 fully saturated rings. The third-order valence-corrected chi connectivity index (χ3v) is 1.95. The van der Waals surface area contributed by atoms with Gasteiger partial charge in [0.1, 0.15) is 11.5 Å². The van der Waals surface area contributed by atoms with E-state index in [2.05, 4.69) is 15.2 Å². The molecule has 0 heterocycles. The highest BCUT2D eigenvalue weighted by Gasteiger charge is 2.16. The van der Waals surface area contributed by atoms with Crippen molar-refractivity contribution in [2.75, 3.05) is 19.0 Å². The molecule has 0 unspecified atom stereocenters. The molecular formula is C10H11FN2O3. The molecule has 1 aromatic rings. The number of ether oxygens (including phenoxy) is 1. The Balaban J connectivity index is 3.20. The first-order valence-corrected chi connectivity index (χ1v) is 4.65. The molecule has 16 heavy (non-hydrogen) atoms. The number of rotatable bonds is 4. The van der Waals surface area contributed by atoms with Crippen LogP contribution in [0.2, 0.25) is 0 Å². The molecule has 0 spiro atoms. The van der Waals surface area contributed by atoms with Crippen LogP contribution in [0.15, 0.2) is 17.3 Å². The summed E-state index contributed by atoms with van der Waals surface area (Å²) in [5.41, 5.74) is -0.108. The maximum absolute atomic E-state index is 13.4. The molecule has 0 saturated heterocycles. The molecule has 0 atom stereocenters. The van der Waals surface area contributed by atoms with Crippen molar-refractivity contribution in [2.24, 2.45) is 5.18 Å². The van der Waals surface area contributed by atoms with Gasteiger partial charge in [-0.2, -0.15) is 0 Å². The number of halogens is 1. The molecule has 1 rings (SSSR count). The highest BCUT2D eigenvalue weighted by Crippen LogP contribution is 2.28. The molecule has 0 radical (unpaired) electrons. The maximum Gasteiger partial charge on any atom is 0.341 e. The van der Waals surface area contributed by atoms with E-state index in [1.165, 1.54) is 7.05 Å². The maximum atomic E-state index is 13.4. The normalized spacial score (nSPS) is 9.69. The van der Waals surface area contributed by atoms with Crippen LogP contribution < -0.4 is 5.32 Å². The summed E-state index contributed by atoms with van der Waals surface area (Å²) in [5.74, 6) is -1.57. The molecule has 0 aliphatic heterocycles. The van der Waals surface area contributed by atoms with E-state index >= 15 is 0 Å². The second kappa shape index (κ2) is 5.20. The monoisotopic (exact) mass is 226 g/mol. The van der Waals surface area contributed by atoms with Crippen LogP contribution in [-0.4, -0.2) is 19.6 Å². The fraction of sp³-hybridized carbons (Fsp3) is 0.300. The average Bonchev–Trinajstić information content (AvgIpc) is 2.28. The van der Waals surface area contributed by atoms with Gasteiger partial charge in [0.15, 0.2) is 0 Å². The summed E-state index contributed by atoms with van der Waals surface area (Å²) in [5, 5.41) is 5.30. The van der Waals surface area contributed by atoms with Crippen LogP contribution in [0.5, 0.6) is 0 Å². The molecule has 1 aromatic carbocycles. The molecule has 0 amide bonds. The van der Waals surface area contributed by atoms with Gasteiger partial charge in [0, 0.05) is 13.1 Å². The summed E-state index contributed by atoms with van der Waals surface area (Å²) in [6.45, 7) is 1.74. The van der Waals surface area contributed by atoms with Crippen molar-refractivity contribution in [3.63, 3.8) is 0 Å². The van der Waals surface area contributed by atoms with Crippen LogP contribution in [0.4, 0.5) is 15.8 Å². The quantitative estimate of drug-likeness (QED) is 0.632. The van der Waals surface area contributed by atoms with Crippen molar-refractivity contribution in [3.05, 3.63) is 28.4 Å². The first kappa shape index (κ1) is 12.1. The van der Waals surface area contributed by atoms with Crippen molar-refractivity contribution >= 4 is 17.3 Å². The zero-order valence-corrected chi connectivity index (χ0v) is 8.91. The Morgan fingerprint density at radius 1 is 1.56 bits per heavy atom. The number of carbonyl (C=O) groups excluding carboxylic acids is 1. The van der Waals surface area contributed by atoms with E-state index in [1.807, 2.05) is 0 Å². The molecule has 1 N–H and O–H groups in total. The van der Waals surface area contributed by atoms with Gasteiger partial charge < -0.3 is 10.1 Å². The van der Waals surface area contributed by atoms with Gasteiger partial charge >= 0.3 is 5.97 Å². The molecule has 6 heteroatoms. The van der Waals surface area contributed by atoms with E-state index in [0.29, 0.717) is 0 Å². The van der Waals surface area contributed by atoms with Gasteiger partial charge in [-0.15, -0.1) is 4.91 Å². The SMILES string of the molecule is CCOC(=O)c1cc(N=O)c(NC)cc1F. The standard InChI is InChI=1S/C10H11FN2O3/c1-3-16-10(14)6-4-9(13-15)8(12-2)5-7(6)11/h4-5,12H,3H2,1-2H3. The van der Waals surface area contributed by atoms with E-state index in [0.717, 1.165) is 12.1 Å². The molecule has 5 nitrogen and oxygen atoms in total. The summed E-state index contributed by atoms with van der Waals surface area (Å²) in [4.78, 5) is 21.8. The smallest absolute Gasteiger partial charge is 0.341 e. The lowest BCUT2D eigenvalue weighted by Crippen LogP contribution is -2.07. The van der Waals surface area contributed by atoms with Crippen LogP contribution >= 0.6 is 0 Å². The number of hydrogen-bond acceptors (Lipinski definition) is 5. The van der Waals surface area contributed by atoms with Gasteiger partial charge in [0.2, 0.25) is 0 Å². The zero-order valence-electron chi connectivity index (χ0n) is 8.91. The Morgan fingerprint density at radius 3 is 2.75 bits per heavy atom. The highest BCUT2D eigenvalue weighted by molar-refractivity contribution is 5.92. The fourth-order valence-corrected chi connectivity index (χ4v) is 1.20. The number of benzene rings is 1. The van der Waals surface area contributed by atoms with Gasteiger partial charge in [0.05, 0.1) is 17.9 Å². The van der Waals surface area contributed by atoms with E-state index in [1.54, 1.807) is 6.92 Å². The minimum atomic E-state index is -0.812. The van der Waals surface area contributed by atoms with Gasteiger partial charge in [0.25, 0.3) is 0 Å². The lowest BCUT2D eigenvalue weighted by Gasteiger charge is -2.07. The van der Waals surface area contributed by atoms with Crippen LogP contribution in [0.1, 0.15) is 17.3 Å². The second-order valence-electron chi connectivity index (χ2n) is 2.91. The van der Waals surface area contributed by atoms with Crippen LogP contribution in [0.3, 0.4) is 0 Å². The molecule has 86 valence electrons. The first-order valence-electron chi connectivity index (χ1n) is 4.65. The first-order chi connectivity index (χ1) is 7.63. The Morgan fingerprint density at radius 2 is 2.25 bits per heavy atom. The fourth-order valence-electron chi connectivity index (χ4n) is 1.20. The number of anilines is 1. The van der Waals surface area contributed by atoms with E-state index in [9.17, 15) is 14.1 Å². The Kier molecular flexibility index (Phi) is 3.93. The molecule has 0 bridgehead atoms. The molecular weight excluding hydrogens is 215 g/mol. The lowest BCUT2D eigenvalue weighted by atomic mass is 10.1. The van der Waals surface area contributed by atoms with Gasteiger partial charge in [-0.25, -0.2) is 9.18 Å². The third-order valence-electron chi connectivity index (χ3n) is 1.95. The second-order valence-corrected chi connectivity index (χ2v) is 2.91. The van der Waals surface area contributed by atoms with Crippen molar-refractivity contribution < 1.29 is 13.9 Å². The predicted molar refractivity (Wildman–Crippen MR) is 57.4 cm³/mol. The topological polar surface area (TPSA) is 67.8 Å². The average molecular weight is 226 g/mol. The third kappa shape index (κ3) is 2.33. The van der Waals surface area contributed by atoms with Gasteiger partial charge in [-0.05, 0) is 18.2 Å². The van der Waals surface area contributed by atoms with E-state index < -0.39 is 11.8 Å². The Bertz CT molecular complexity index is 421. The zero-order chi connectivity index (χ0) is 12.1. The summed E-state index contributed by atoms with van der Waals surface area (Å²) in [6.07, 6.45) is 0. The largest absolute Gasteiger partial charge is 0.462 e. The van der Waals surface area contributed by atoms with Crippen molar-refractivity contribution in [2.45, 2.75) is 6.92 Å². The van der Waals surface area contributed by atoms with Gasteiger partial charge in [-0.3, -0.25) is 0 Å². The Labute approximate surface area is 91.6 Å². The van der Waals surface area contributed by atoms with E-state index in [4.69, 9.17) is 0 Å². The van der Waals surface area contributed by atoms with E-state index in [-0.39, 0.29) is 23.5 Å². The number of hydrogen-bond donors (Lipinski definition) is 1. The number of carbonyl (C=O) groups is 1. The Hall–Kier alpha value is -1.98. The van der Waals surface area contributed by atoms with Gasteiger partial charge in [-0.1, -0.05) is 0 Å². The summed E-state index contributed by atoms with van der Waals surface area (Å²) >= 11 is 0. The van der Waals surface area contributed by atoms with Crippen LogP contribution in [-0.2, 0) is 4.74 Å². The summed E-state index contributed by atoms with van der Waals surface area (Å²) in [6, 6.07) is 2.09. The van der Waals surface area contributed by atoms with Crippen molar-refractivity contribution in [1.82, 2.24) is 0 Å². The molecule has 0 aromatic heterocycles. The minimum absolute atomic E-state index is 0.0352.